The van der Waals surface area contributed by atoms with Gasteiger partial charge in [-0.1, -0.05) is 19.9 Å². The fourth-order valence-electron chi connectivity index (χ4n) is 1.92. The van der Waals surface area contributed by atoms with Crippen molar-refractivity contribution in [2.75, 3.05) is 18.4 Å². The van der Waals surface area contributed by atoms with E-state index in [9.17, 15) is 13.2 Å². The summed E-state index contributed by atoms with van der Waals surface area (Å²) in [7, 11) is -3.59. The second-order valence-electron chi connectivity index (χ2n) is 4.72. The molecule has 1 aromatic rings. The van der Waals surface area contributed by atoms with Gasteiger partial charge in [-0.2, -0.15) is 0 Å². The van der Waals surface area contributed by atoms with E-state index in [-0.39, 0.29) is 42.2 Å². The number of amides is 1. The third-order valence-corrected chi connectivity index (χ3v) is 4.66. The van der Waals surface area contributed by atoms with Gasteiger partial charge >= 0.3 is 0 Å². The molecule has 0 saturated heterocycles. The number of carbonyl (C=O) groups excluding carboxylic acids is 1. The molecule has 0 aliphatic rings. The van der Waals surface area contributed by atoms with Crippen LogP contribution in [0.3, 0.4) is 0 Å². The monoisotopic (exact) mass is 349 g/mol. The van der Waals surface area contributed by atoms with Crippen LogP contribution in [-0.4, -0.2) is 27.4 Å². The van der Waals surface area contributed by atoms with Crippen molar-refractivity contribution >= 4 is 34.0 Å². The molecule has 1 amide bonds. The number of nitrogens with two attached hydrogens (primary N) is 1. The molecule has 1 aromatic carbocycles. The number of nitrogens with one attached hydrogen (secondary N) is 2. The standard InChI is InChI=1S/C14H23N3O3S.ClH/c1-3-11(4-2)14(18)17-12-6-5-7-13(10-12)21(19,20)16-9-8-15;/h5-7,10-11,16H,3-4,8-9,15H2,1-2H3,(H,17,18);1H. The van der Waals surface area contributed by atoms with Gasteiger partial charge in [-0.3, -0.25) is 4.79 Å². The topological polar surface area (TPSA) is 101 Å². The molecule has 22 heavy (non-hydrogen) atoms. The van der Waals surface area contributed by atoms with Gasteiger partial charge in [-0.25, -0.2) is 13.1 Å². The number of halogens is 1. The Hall–Kier alpha value is -1.15. The van der Waals surface area contributed by atoms with Gasteiger partial charge in [0.05, 0.1) is 4.90 Å². The molecule has 126 valence electrons. The summed E-state index contributed by atoms with van der Waals surface area (Å²) in [6.07, 6.45) is 1.50. The third kappa shape index (κ3) is 5.92. The maximum absolute atomic E-state index is 12.0. The number of hydrogen-bond donors (Lipinski definition) is 3. The van der Waals surface area contributed by atoms with Crippen molar-refractivity contribution in [1.82, 2.24) is 4.72 Å². The van der Waals surface area contributed by atoms with E-state index in [1.54, 1.807) is 12.1 Å². The Morgan fingerprint density at radius 3 is 2.45 bits per heavy atom. The van der Waals surface area contributed by atoms with Crippen molar-refractivity contribution in [2.24, 2.45) is 11.7 Å². The van der Waals surface area contributed by atoms with Gasteiger partial charge in [0, 0.05) is 24.7 Å². The Morgan fingerprint density at radius 1 is 1.27 bits per heavy atom. The van der Waals surface area contributed by atoms with Crippen LogP contribution in [0.5, 0.6) is 0 Å². The number of sulfonamides is 1. The SMILES string of the molecule is CCC(CC)C(=O)Nc1cccc(S(=O)(=O)NCCN)c1.Cl. The summed E-state index contributed by atoms with van der Waals surface area (Å²) in [6.45, 7) is 4.30. The Bertz CT molecular complexity index is 574. The summed E-state index contributed by atoms with van der Waals surface area (Å²) in [5.41, 5.74) is 5.76. The molecular weight excluding hydrogens is 326 g/mol. The van der Waals surface area contributed by atoms with Crippen molar-refractivity contribution in [1.29, 1.82) is 0 Å². The zero-order valence-corrected chi connectivity index (χ0v) is 14.5. The minimum absolute atomic E-state index is 0. The summed E-state index contributed by atoms with van der Waals surface area (Å²) < 4.78 is 26.4. The summed E-state index contributed by atoms with van der Waals surface area (Å²) in [5.74, 6) is -0.162. The molecule has 1 rings (SSSR count). The molecular formula is C14H24ClN3O3S. The molecule has 0 bridgehead atoms. The highest BCUT2D eigenvalue weighted by atomic mass is 35.5. The van der Waals surface area contributed by atoms with E-state index in [1.807, 2.05) is 13.8 Å². The van der Waals surface area contributed by atoms with Crippen LogP contribution in [0.15, 0.2) is 29.2 Å². The zero-order valence-electron chi connectivity index (χ0n) is 12.8. The number of carbonyl (C=O) groups is 1. The van der Waals surface area contributed by atoms with E-state index in [0.717, 1.165) is 12.8 Å². The van der Waals surface area contributed by atoms with Crippen molar-refractivity contribution in [3.05, 3.63) is 24.3 Å². The molecule has 4 N–H and O–H groups in total. The number of benzene rings is 1. The Balaban J connectivity index is 0.00000441. The highest BCUT2D eigenvalue weighted by Gasteiger charge is 2.16. The molecule has 0 unspecified atom stereocenters. The second kappa shape index (κ2) is 9.78. The molecule has 0 heterocycles. The molecule has 0 atom stereocenters. The van der Waals surface area contributed by atoms with Crippen LogP contribution in [0.4, 0.5) is 5.69 Å². The average molecular weight is 350 g/mol. The third-order valence-electron chi connectivity index (χ3n) is 3.20. The summed E-state index contributed by atoms with van der Waals surface area (Å²) >= 11 is 0. The molecule has 0 radical (unpaired) electrons. The summed E-state index contributed by atoms with van der Waals surface area (Å²) in [4.78, 5) is 12.1. The second-order valence-corrected chi connectivity index (χ2v) is 6.48. The van der Waals surface area contributed by atoms with E-state index >= 15 is 0 Å². The van der Waals surface area contributed by atoms with Crippen LogP contribution in [-0.2, 0) is 14.8 Å². The van der Waals surface area contributed by atoms with E-state index < -0.39 is 10.0 Å². The van der Waals surface area contributed by atoms with Gasteiger partial charge in [0.25, 0.3) is 0 Å². The van der Waals surface area contributed by atoms with Crippen molar-refractivity contribution in [3.63, 3.8) is 0 Å². The minimum atomic E-state index is -3.59. The van der Waals surface area contributed by atoms with Crippen LogP contribution in [0, 0.1) is 5.92 Å². The first-order valence-electron chi connectivity index (χ1n) is 7.05. The maximum Gasteiger partial charge on any atom is 0.240 e. The van der Waals surface area contributed by atoms with E-state index in [0.29, 0.717) is 5.69 Å². The Morgan fingerprint density at radius 2 is 1.91 bits per heavy atom. The quantitative estimate of drug-likeness (QED) is 0.665. The molecule has 8 heteroatoms. The van der Waals surface area contributed by atoms with Gasteiger partial charge in [-0.05, 0) is 31.0 Å². The molecule has 0 spiro atoms. The fraction of sp³-hybridized carbons (Fsp3) is 0.500. The summed E-state index contributed by atoms with van der Waals surface area (Å²) in [6, 6.07) is 6.19. The predicted molar refractivity (Wildman–Crippen MR) is 90.6 cm³/mol. The highest BCUT2D eigenvalue weighted by molar-refractivity contribution is 7.89. The molecule has 0 aromatic heterocycles. The van der Waals surface area contributed by atoms with Crippen LogP contribution in [0.2, 0.25) is 0 Å². The molecule has 0 aliphatic heterocycles. The number of anilines is 1. The van der Waals surface area contributed by atoms with Gasteiger partial charge in [0.15, 0.2) is 0 Å². The lowest BCUT2D eigenvalue weighted by Gasteiger charge is -2.13. The lowest BCUT2D eigenvalue weighted by atomic mass is 10.0. The van der Waals surface area contributed by atoms with E-state index in [4.69, 9.17) is 5.73 Å². The summed E-state index contributed by atoms with van der Waals surface area (Å²) in [5, 5.41) is 2.76. The van der Waals surface area contributed by atoms with Crippen LogP contribution < -0.4 is 15.8 Å². The first-order valence-corrected chi connectivity index (χ1v) is 8.53. The normalized spacial score (nSPS) is 11.1. The predicted octanol–water partition coefficient (Wildman–Crippen LogP) is 1.72. The number of hydrogen-bond acceptors (Lipinski definition) is 4. The Labute approximate surface area is 138 Å². The van der Waals surface area contributed by atoms with Gasteiger partial charge < -0.3 is 11.1 Å². The van der Waals surface area contributed by atoms with Gasteiger partial charge in [0.1, 0.15) is 0 Å². The number of rotatable bonds is 8. The van der Waals surface area contributed by atoms with E-state index in [1.165, 1.54) is 12.1 Å². The lowest BCUT2D eigenvalue weighted by molar-refractivity contribution is -0.120. The minimum Gasteiger partial charge on any atom is -0.329 e. The van der Waals surface area contributed by atoms with Crippen molar-refractivity contribution in [2.45, 2.75) is 31.6 Å². The lowest BCUT2D eigenvalue weighted by Crippen LogP contribution is -2.29. The van der Waals surface area contributed by atoms with Crippen LogP contribution in [0.1, 0.15) is 26.7 Å². The zero-order chi connectivity index (χ0) is 15.9. The Kier molecular flexibility index (Phi) is 9.27. The van der Waals surface area contributed by atoms with Gasteiger partial charge in [-0.15, -0.1) is 12.4 Å². The smallest absolute Gasteiger partial charge is 0.240 e. The largest absolute Gasteiger partial charge is 0.329 e. The maximum atomic E-state index is 12.0. The van der Waals surface area contributed by atoms with E-state index in [2.05, 4.69) is 10.0 Å². The molecule has 0 aliphatic carbocycles. The molecule has 0 saturated carbocycles. The molecule has 0 fully saturated rings. The average Bonchev–Trinajstić information content (AvgIpc) is 2.47. The van der Waals surface area contributed by atoms with Crippen molar-refractivity contribution in [3.8, 4) is 0 Å². The molecule has 6 nitrogen and oxygen atoms in total. The van der Waals surface area contributed by atoms with Gasteiger partial charge in [0.2, 0.25) is 15.9 Å². The van der Waals surface area contributed by atoms with Crippen molar-refractivity contribution < 1.29 is 13.2 Å². The van der Waals surface area contributed by atoms with Crippen LogP contribution in [0.25, 0.3) is 0 Å². The first-order chi connectivity index (χ1) is 9.94. The first kappa shape index (κ1) is 20.9. The van der Waals surface area contributed by atoms with Crippen LogP contribution >= 0.6 is 12.4 Å². The fourth-order valence-corrected chi connectivity index (χ4v) is 3.01. The highest BCUT2D eigenvalue weighted by Crippen LogP contribution is 2.17.